The Bertz CT molecular complexity index is 466. The van der Waals surface area contributed by atoms with Crippen LogP contribution < -0.4 is 5.73 Å². The van der Waals surface area contributed by atoms with Crippen LogP contribution >= 0.6 is 11.8 Å². The van der Waals surface area contributed by atoms with Crippen LogP contribution in [0.1, 0.15) is 5.56 Å². The van der Waals surface area contributed by atoms with Gasteiger partial charge in [-0.2, -0.15) is 5.10 Å². The van der Waals surface area contributed by atoms with E-state index in [1.807, 2.05) is 0 Å². The van der Waals surface area contributed by atoms with E-state index in [4.69, 9.17) is 11.1 Å². The molecule has 0 spiro atoms. The zero-order chi connectivity index (χ0) is 10.7. The highest BCUT2D eigenvalue weighted by atomic mass is 32.2. The molecular weight excluding hydrogens is 212 g/mol. The highest BCUT2D eigenvalue weighted by molar-refractivity contribution is 7.99. The van der Waals surface area contributed by atoms with Crippen LogP contribution in [0.5, 0.6) is 0 Å². The van der Waals surface area contributed by atoms with E-state index >= 15 is 0 Å². The van der Waals surface area contributed by atoms with Crippen molar-refractivity contribution in [3.8, 4) is 0 Å². The van der Waals surface area contributed by atoms with Crippen LogP contribution in [0.3, 0.4) is 0 Å². The minimum absolute atomic E-state index is 0.0248. The number of hydrogen-bond donors (Lipinski definition) is 3. The fraction of sp³-hybridized carbons (Fsp3) is 0. The van der Waals surface area contributed by atoms with Gasteiger partial charge in [-0.15, -0.1) is 0 Å². The lowest BCUT2D eigenvalue weighted by Crippen LogP contribution is -2.10. The molecule has 0 aromatic carbocycles. The molecule has 7 heteroatoms. The van der Waals surface area contributed by atoms with Gasteiger partial charge in [-0.25, -0.2) is 9.97 Å². The Morgan fingerprint density at radius 2 is 2.33 bits per heavy atom. The Balaban J connectivity index is 2.22. The van der Waals surface area contributed by atoms with Crippen molar-refractivity contribution in [2.75, 3.05) is 0 Å². The third kappa shape index (κ3) is 2.32. The minimum Gasteiger partial charge on any atom is -0.384 e. The summed E-state index contributed by atoms with van der Waals surface area (Å²) in [5.74, 6) is 0.0248. The van der Waals surface area contributed by atoms with E-state index in [9.17, 15) is 0 Å². The molecule has 0 unspecified atom stereocenters. The SMILES string of the molecule is N=C(N)c1ccnc(Sc2ncn[nH]2)c1. The fourth-order valence-corrected chi connectivity index (χ4v) is 1.67. The molecule has 2 aromatic heterocycles. The van der Waals surface area contributed by atoms with Crippen molar-refractivity contribution in [2.24, 2.45) is 5.73 Å². The summed E-state index contributed by atoms with van der Waals surface area (Å²) in [6.07, 6.45) is 3.03. The number of nitrogens with zero attached hydrogens (tertiary/aromatic N) is 3. The van der Waals surface area contributed by atoms with Crippen molar-refractivity contribution >= 4 is 17.6 Å². The van der Waals surface area contributed by atoms with E-state index in [2.05, 4.69) is 20.2 Å². The Morgan fingerprint density at radius 3 is 3.00 bits per heavy atom. The van der Waals surface area contributed by atoms with E-state index in [1.54, 1.807) is 18.3 Å². The molecule has 0 atom stereocenters. The van der Waals surface area contributed by atoms with Gasteiger partial charge in [0.25, 0.3) is 0 Å². The summed E-state index contributed by atoms with van der Waals surface area (Å²) in [5.41, 5.74) is 6.01. The second-order valence-electron chi connectivity index (χ2n) is 2.69. The predicted molar refractivity (Wildman–Crippen MR) is 55.8 cm³/mol. The summed E-state index contributed by atoms with van der Waals surface area (Å²) in [4.78, 5) is 8.08. The summed E-state index contributed by atoms with van der Waals surface area (Å²) in [5, 5.41) is 15.1. The number of nitrogens with two attached hydrogens (primary N) is 1. The molecular formula is C8H8N6S. The molecule has 0 radical (unpaired) electrons. The lowest BCUT2D eigenvalue weighted by atomic mass is 10.2. The monoisotopic (exact) mass is 220 g/mol. The molecule has 0 saturated carbocycles. The molecule has 4 N–H and O–H groups in total. The van der Waals surface area contributed by atoms with Crippen molar-refractivity contribution in [1.29, 1.82) is 5.41 Å². The molecule has 15 heavy (non-hydrogen) atoms. The van der Waals surface area contributed by atoms with Gasteiger partial charge in [0.15, 0.2) is 5.16 Å². The lowest BCUT2D eigenvalue weighted by molar-refractivity contribution is 0.967. The van der Waals surface area contributed by atoms with Gasteiger partial charge in [0.1, 0.15) is 17.2 Å². The highest BCUT2D eigenvalue weighted by Gasteiger charge is 2.03. The largest absolute Gasteiger partial charge is 0.384 e. The van der Waals surface area contributed by atoms with Crippen molar-refractivity contribution in [2.45, 2.75) is 10.2 Å². The quantitative estimate of drug-likeness (QED) is 0.520. The van der Waals surface area contributed by atoms with Crippen LogP contribution in [0.2, 0.25) is 0 Å². The number of amidine groups is 1. The van der Waals surface area contributed by atoms with Gasteiger partial charge in [0.2, 0.25) is 0 Å². The third-order valence-corrected chi connectivity index (χ3v) is 2.46. The molecule has 2 rings (SSSR count). The molecule has 0 bridgehead atoms. The summed E-state index contributed by atoms with van der Waals surface area (Å²) in [6, 6.07) is 3.42. The molecule has 0 aliphatic heterocycles. The first-order valence-electron chi connectivity index (χ1n) is 4.09. The molecule has 6 nitrogen and oxygen atoms in total. The highest BCUT2D eigenvalue weighted by Crippen LogP contribution is 2.21. The van der Waals surface area contributed by atoms with Crippen LogP contribution in [0.15, 0.2) is 34.8 Å². The van der Waals surface area contributed by atoms with Crippen LogP contribution in [-0.4, -0.2) is 26.0 Å². The summed E-state index contributed by atoms with van der Waals surface area (Å²) < 4.78 is 0. The van der Waals surface area contributed by atoms with Crippen LogP contribution in [0.25, 0.3) is 0 Å². The zero-order valence-electron chi connectivity index (χ0n) is 7.64. The summed E-state index contributed by atoms with van der Waals surface area (Å²) >= 11 is 1.33. The van der Waals surface area contributed by atoms with Crippen molar-refractivity contribution in [1.82, 2.24) is 20.2 Å². The molecule has 0 amide bonds. The maximum Gasteiger partial charge on any atom is 0.189 e. The lowest BCUT2D eigenvalue weighted by Gasteiger charge is -2.00. The molecule has 0 fully saturated rings. The smallest absolute Gasteiger partial charge is 0.189 e. The van der Waals surface area contributed by atoms with E-state index < -0.39 is 0 Å². The van der Waals surface area contributed by atoms with E-state index in [0.717, 1.165) is 5.03 Å². The number of H-pyrrole nitrogens is 1. The van der Waals surface area contributed by atoms with Gasteiger partial charge in [-0.1, -0.05) is 0 Å². The van der Waals surface area contributed by atoms with E-state index in [1.165, 1.54) is 18.1 Å². The standard InChI is InChI=1S/C8H8N6S/c9-7(10)5-1-2-11-6(3-5)15-8-12-4-13-14-8/h1-4H,(H3,9,10)(H,12,13,14). The number of pyridine rings is 1. The van der Waals surface area contributed by atoms with Gasteiger partial charge in [-0.3, -0.25) is 10.5 Å². The normalized spacial score (nSPS) is 10.1. The van der Waals surface area contributed by atoms with E-state index in [-0.39, 0.29) is 5.84 Å². The number of hydrogen-bond acceptors (Lipinski definition) is 5. The van der Waals surface area contributed by atoms with Crippen LogP contribution in [0.4, 0.5) is 0 Å². The van der Waals surface area contributed by atoms with E-state index in [0.29, 0.717) is 10.7 Å². The zero-order valence-corrected chi connectivity index (χ0v) is 8.45. The summed E-state index contributed by atoms with van der Waals surface area (Å²) in [7, 11) is 0. The number of nitrogens with one attached hydrogen (secondary N) is 2. The topological polar surface area (TPSA) is 104 Å². The maximum atomic E-state index is 7.29. The molecule has 0 aliphatic carbocycles. The Hall–Kier alpha value is -1.89. The average molecular weight is 220 g/mol. The van der Waals surface area contributed by atoms with Crippen LogP contribution in [0, 0.1) is 5.41 Å². The second kappa shape index (κ2) is 4.09. The first-order chi connectivity index (χ1) is 7.25. The van der Waals surface area contributed by atoms with Gasteiger partial charge >= 0.3 is 0 Å². The first-order valence-corrected chi connectivity index (χ1v) is 4.91. The molecule has 2 aromatic rings. The first kappa shape index (κ1) is 9.66. The van der Waals surface area contributed by atoms with Gasteiger partial charge in [0.05, 0.1) is 0 Å². The van der Waals surface area contributed by atoms with Crippen LogP contribution in [-0.2, 0) is 0 Å². The Labute approximate surface area is 89.8 Å². The minimum atomic E-state index is 0.0248. The van der Waals surface area contributed by atoms with Gasteiger partial charge in [0, 0.05) is 11.8 Å². The van der Waals surface area contributed by atoms with Crippen molar-refractivity contribution < 1.29 is 0 Å². The molecule has 2 heterocycles. The molecule has 0 aliphatic rings. The third-order valence-electron chi connectivity index (χ3n) is 1.64. The second-order valence-corrected chi connectivity index (χ2v) is 3.70. The van der Waals surface area contributed by atoms with Gasteiger partial charge in [-0.05, 0) is 23.9 Å². The Kier molecular flexibility index (Phi) is 2.64. The summed E-state index contributed by atoms with van der Waals surface area (Å²) in [6.45, 7) is 0. The average Bonchev–Trinajstić information content (AvgIpc) is 2.71. The molecule has 0 saturated heterocycles. The fourth-order valence-electron chi connectivity index (χ4n) is 0.975. The van der Waals surface area contributed by atoms with Gasteiger partial charge < -0.3 is 5.73 Å². The number of aromatic nitrogens is 4. The van der Waals surface area contributed by atoms with Crippen molar-refractivity contribution in [3.63, 3.8) is 0 Å². The molecule has 76 valence electrons. The number of nitrogen functional groups attached to an aromatic ring is 1. The Morgan fingerprint density at radius 1 is 1.47 bits per heavy atom. The number of aromatic amines is 1. The predicted octanol–water partition coefficient (Wildman–Crippen LogP) is 0.635. The number of rotatable bonds is 3. The van der Waals surface area contributed by atoms with Crippen molar-refractivity contribution in [3.05, 3.63) is 30.2 Å². The maximum absolute atomic E-state index is 7.29.